The van der Waals surface area contributed by atoms with E-state index in [-0.39, 0.29) is 11.2 Å². The number of nitrogens with two attached hydrogens (primary N) is 2. The Kier molecular flexibility index (Phi) is 5.04. The zero-order valence-corrected chi connectivity index (χ0v) is 14.5. The first-order chi connectivity index (χ1) is 11.2. The van der Waals surface area contributed by atoms with Gasteiger partial charge >= 0.3 is 0 Å². The van der Waals surface area contributed by atoms with Crippen LogP contribution in [0.15, 0.2) is 24.4 Å². The van der Waals surface area contributed by atoms with Crippen molar-refractivity contribution in [1.29, 1.82) is 0 Å². The molecule has 2 aromatic heterocycles. The van der Waals surface area contributed by atoms with Gasteiger partial charge in [-0.05, 0) is 51.5 Å². The van der Waals surface area contributed by atoms with Gasteiger partial charge in [-0.15, -0.1) is 0 Å². The Hall–Kier alpha value is -2.67. The molecule has 0 atom stereocenters. The molecule has 0 bridgehead atoms. The lowest BCUT2D eigenvalue weighted by Crippen LogP contribution is -2.39. The molecule has 7 nitrogen and oxygen atoms in total. The van der Waals surface area contributed by atoms with Gasteiger partial charge in [-0.3, -0.25) is 4.79 Å². The number of carbonyl (C=O) groups is 1. The van der Waals surface area contributed by atoms with Crippen LogP contribution in [0.5, 0.6) is 0 Å². The summed E-state index contributed by atoms with van der Waals surface area (Å²) in [6.45, 7) is 8.30. The van der Waals surface area contributed by atoms with E-state index in [1.165, 1.54) is 0 Å². The maximum Gasteiger partial charge on any atom is 0.269 e. The van der Waals surface area contributed by atoms with Crippen molar-refractivity contribution < 1.29 is 4.79 Å². The summed E-state index contributed by atoms with van der Waals surface area (Å²) in [5.74, 6) is 0.0264. The highest BCUT2D eigenvalue weighted by Gasteiger charge is 2.17. The first-order valence-electron chi connectivity index (χ1n) is 7.70. The third kappa shape index (κ3) is 4.42. The highest BCUT2D eigenvalue weighted by molar-refractivity contribution is 5.97. The van der Waals surface area contributed by atoms with E-state index in [2.05, 4.69) is 20.6 Å². The number of amides is 1. The Labute approximate surface area is 141 Å². The molecule has 1 amide bonds. The summed E-state index contributed by atoms with van der Waals surface area (Å²) in [6.07, 6.45) is 1.57. The second-order valence-electron chi connectivity index (χ2n) is 6.49. The molecule has 128 valence electrons. The van der Waals surface area contributed by atoms with Gasteiger partial charge in [-0.25, -0.2) is 9.97 Å². The maximum atomic E-state index is 11.7. The van der Waals surface area contributed by atoms with Crippen molar-refractivity contribution in [2.24, 2.45) is 11.5 Å². The minimum atomic E-state index is -0.605. The Bertz CT molecular complexity index is 736. The number of aryl methyl sites for hydroxylation is 2. The predicted molar refractivity (Wildman–Crippen MR) is 96.5 cm³/mol. The van der Waals surface area contributed by atoms with Gasteiger partial charge in [0.1, 0.15) is 5.82 Å². The monoisotopic (exact) mass is 328 g/mol. The van der Waals surface area contributed by atoms with Crippen molar-refractivity contribution in [3.63, 3.8) is 0 Å². The molecule has 0 aromatic carbocycles. The molecular weight excluding hydrogens is 304 g/mol. The van der Waals surface area contributed by atoms with Gasteiger partial charge in [-0.1, -0.05) is 0 Å². The number of carbonyl (C=O) groups excluding carboxylic acids is 1. The quantitative estimate of drug-likeness (QED) is 0.644. The Morgan fingerprint density at radius 1 is 1.25 bits per heavy atom. The van der Waals surface area contributed by atoms with Crippen LogP contribution in [-0.2, 0) is 0 Å². The Balaban J connectivity index is 2.39. The summed E-state index contributed by atoms with van der Waals surface area (Å²) >= 11 is 0. The lowest BCUT2D eigenvalue weighted by Gasteiger charge is -2.26. The fraction of sp³-hybridized carbons (Fsp3) is 0.353. The van der Waals surface area contributed by atoms with Crippen LogP contribution in [0.4, 0.5) is 17.2 Å². The van der Waals surface area contributed by atoms with Crippen LogP contribution in [0.2, 0.25) is 0 Å². The summed E-state index contributed by atoms with van der Waals surface area (Å²) in [5, 5.41) is 6.42. The molecule has 0 radical (unpaired) electrons. The first kappa shape index (κ1) is 17.7. The van der Waals surface area contributed by atoms with Gasteiger partial charge in [0.05, 0.1) is 17.6 Å². The van der Waals surface area contributed by atoms with Gasteiger partial charge in [0, 0.05) is 17.8 Å². The van der Waals surface area contributed by atoms with Crippen LogP contribution in [0.25, 0.3) is 0 Å². The van der Waals surface area contributed by atoms with E-state index in [9.17, 15) is 4.79 Å². The summed E-state index contributed by atoms with van der Waals surface area (Å²) in [4.78, 5) is 20.2. The van der Waals surface area contributed by atoms with Gasteiger partial charge in [-0.2, -0.15) is 0 Å². The highest BCUT2D eigenvalue weighted by Crippen LogP contribution is 2.24. The standard InChI is InChI=1S/C17H24N6O/c1-10-5-11(2)21-14(6-10)22-13-7-12(23-17(3,4)9-18)8-20-15(13)16(19)24/h5-8,23H,9,18H2,1-4H3,(H2,19,24)(H,21,22). The van der Waals surface area contributed by atoms with E-state index in [0.717, 1.165) is 16.9 Å². The number of pyridine rings is 2. The fourth-order valence-electron chi connectivity index (χ4n) is 2.31. The topological polar surface area (TPSA) is 119 Å². The number of hydrogen-bond donors (Lipinski definition) is 4. The van der Waals surface area contributed by atoms with Crippen LogP contribution < -0.4 is 22.1 Å². The third-order valence-corrected chi connectivity index (χ3v) is 3.47. The van der Waals surface area contributed by atoms with Crippen LogP contribution in [-0.4, -0.2) is 28.0 Å². The van der Waals surface area contributed by atoms with Gasteiger partial charge in [0.25, 0.3) is 5.91 Å². The molecule has 0 aliphatic heterocycles. The average Bonchev–Trinajstić information content (AvgIpc) is 2.45. The normalized spacial score (nSPS) is 11.2. The minimum Gasteiger partial charge on any atom is -0.378 e. The van der Waals surface area contributed by atoms with E-state index in [4.69, 9.17) is 11.5 Å². The molecule has 6 N–H and O–H groups in total. The maximum absolute atomic E-state index is 11.7. The minimum absolute atomic E-state index is 0.159. The molecule has 2 aromatic rings. The van der Waals surface area contributed by atoms with Crippen molar-refractivity contribution in [3.8, 4) is 0 Å². The molecule has 0 aliphatic rings. The highest BCUT2D eigenvalue weighted by atomic mass is 16.1. The van der Waals surface area contributed by atoms with E-state index < -0.39 is 5.91 Å². The zero-order chi connectivity index (χ0) is 17.9. The number of anilines is 3. The van der Waals surface area contributed by atoms with Crippen molar-refractivity contribution >= 4 is 23.1 Å². The molecule has 0 unspecified atom stereocenters. The number of primary amides is 1. The van der Waals surface area contributed by atoms with Gasteiger partial charge in [0.15, 0.2) is 5.69 Å². The summed E-state index contributed by atoms with van der Waals surface area (Å²) in [7, 11) is 0. The lowest BCUT2D eigenvalue weighted by atomic mass is 10.1. The second-order valence-corrected chi connectivity index (χ2v) is 6.49. The molecule has 0 saturated carbocycles. The fourth-order valence-corrected chi connectivity index (χ4v) is 2.31. The van der Waals surface area contributed by atoms with E-state index >= 15 is 0 Å². The average molecular weight is 328 g/mol. The van der Waals surface area contributed by atoms with Crippen molar-refractivity contribution in [1.82, 2.24) is 9.97 Å². The summed E-state index contributed by atoms with van der Waals surface area (Å²) < 4.78 is 0. The van der Waals surface area contributed by atoms with Crippen molar-refractivity contribution in [2.45, 2.75) is 33.2 Å². The molecule has 7 heteroatoms. The number of rotatable bonds is 6. The molecular formula is C17H24N6O. The molecule has 0 fully saturated rings. The molecule has 2 rings (SSSR count). The first-order valence-corrected chi connectivity index (χ1v) is 7.70. The summed E-state index contributed by atoms with van der Waals surface area (Å²) in [5.41, 5.74) is 14.2. The Morgan fingerprint density at radius 3 is 2.54 bits per heavy atom. The number of nitrogens with zero attached hydrogens (tertiary/aromatic N) is 2. The molecule has 0 aliphatic carbocycles. The molecule has 24 heavy (non-hydrogen) atoms. The molecule has 0 spiro atoms. The van der Waals surface area contributed by atoms with E-state index in [1.807, 2.05) is 39.8 Å². The summed E-state index contributed by atoms with van der Waals surface area (Å²) in [6, 6.07) is 5.64. The van der Waals surface area contributed by atoms with Crippen LogP contribution >= 0.6 is 0 Å². The van der Waals surface area contributed by atoms with Crippen LogP contribution in [0, 0.1) is 13.8 Å². The smallest absolute Gasteiger partial charge is 0.269 e. The van der Waals surface area contributed by atoms with Crippen molar-refractivity contribution in [3.05, 3.63) is 41.3 Å². The van der Waals surface area contributed by atoms with E-state index in [0.29, 0.717) is 18.1 Å². The second kappa shape index (κ2) is 6.84. The SMILES string of the molecule is Cc1cc(C)nc(Nc2cc(NC(C)(C)CN)cnc2C(N)=O)c1. The van der Waals surface area contributed by atoms with Gasteiger partial charge < -0.3 is 22.1 Å². The largest absolute Gasteiger partial charge is 0.378 e. The zero-order valence-electron chi connectivity index (χ0n) is 14.5. The third-order valence-electron chi connectivity index (χ3n) is 3.47. The van der Waals surface area contributed by atoms with Crippen molar-refractivity contribution in [2.75, 3.05) is 17.2 Å². The molecule has 2 heterocycles. The van der Waals surface area contributed by atoms with Crippen LogP contribution in [0.1, 0.15) is 35.6 Å². The predicted octanol–water partition coefficient (Wildman–Crippen LogP) is 2.09. The number of aromatic nitrogens is 2. The Morgan fingerprint density at radius 2 is 1.96 bits per heavy atom. The number of hydrogen-bond acceptors (Lipinski definition) is 6. The number of nitrogens with one attached hydrogen (secondary N) is 2. The van der Waals surface area contributed by atoms with E-state index in [1.54, 1.807) is 12.3 Å². The van der Waals surface area contributed by atoms with Gasteiger partial charge in [0.2, 0.25) is 0 Å². The molecule has 0 saturated heterocycles. The van der Waals surface area contributed by atoms with Crippen LogP contribution in [0.3, 0.4) is 0 Å². The lowest BCUT2D eigenvalue weighted by molar-refractivity contribution is 0.0996.